The first-order valence-electron chi connectivity index (χ1n) is 12.3. The predicted molar refractivity (Wildman–Crippen MR) is 126 cm³/mol. The number of hydrogen-bond acceptors (Lipinski definition) is 5. The van der Waals surface area contributed by atoms with Gasteiger partial charge in [-0.2, -0.15) is 0 Å². The number of hydrogen-bond donors (Lipinski definition) is 1. The number of nitrogens with zero attached hydrogens (tertiary/aromatic N) is 5. The highest BCUT2D eigenvalue weighted by atomic mass is 16.5. The predicted octanol–water partition coefficient (Wildman–Crippen LogP) is 1.96. The largest absolute Gasteiger partial charge is 0.477 e. The van der Waals surface area contributed by atoms with Gasteiger partial charge in [0.25, 0.3) is 0 Å². The Kier molecular flexibility index (Phi) is 7.84. The van der Waals surface area contributed by atoms with Gasteiger partial charge >= 0.3 is 0 Å². The fourth-order valence-corrected chi connectivity index (χ4v) is 4.35. The Morgan fingerprint density at radius 3 is 2.53 bits per heavy atom. The summed E-state index contributed by atoms with van der Waals surface area (Å²) in [6.45, 7) is 11.7. The Labute approximate surface area is 192 Å². The molecule has 1 N–H and O–H groups in total. The molecule has 1 aliphatic carbocycles. The lowest BCUT2D eigenvalue weighted by Crippen LogP contribution is -2.57. The Bertz CT molecular complexity index is 765. The second-order valence-electron chi connectivity index (χ2n) is 9.16. The number of piperazine rings is 1. The van der Waals surface area contributed by atoms with Gasteiger partial charge in [-0.3, -0.25) is 9.69 Å². The number of guanidine groups is 1. The summed E-state index contributed by atoms with van der Waals surface area (Å²) in [4.78, 5) is 28.7. The number of amides is 1. The van der Waals surface area contributed by atoms with Crippen LogP contribution in [0.5, 0.6) is 5.88 Å². The van der Waals surface area contributed by atoms with Gasteiger partial charge in [-0.1, -0.05) is 6.07 Å². The second kappa shape index (κ2) is 11.0. The van der Waals surface area contributed by atoms with Crippen LogP contribution in [0.25, 0.3) is 0 Å². The van der Waals surface area contributed by atoms with Crippen LogP contribution < -0.4 is 10.1 Å². The van der Waals surface area contributed by atoms with Crippen LogP contribution in [0.2, 0.25) is 0 Å². The molecule has 3 heterocycles. The molecule has 1 amide bonds. The van der Waals surface area contributed by atoms with E-state index in [4.69, 9.17) is 9.73 Å². The molecule has 0 radical (unpaired) electrons. The summed E-state index contributed by atoms with van der Waals surface area (Å²) in [7, 11) is 0. The third kappa shape index (κ3) is 6.12. The summed E-state index contributed by atoms with van der Waals surface area (Å²) >= 11 is 0. The smallest absolute Gasteiger partial charge is 0.239 e. The van der Waals surface area contributed by atoms with E-state index in [2.05, 4.69) is 33.9 Å². The Morgan fingerprint density at radius 1 is 1.16 bits per heavy atom. The Morgan fingerprint density at radius 2 is 1.91 bits per heavy atom. The second-order valence-corrected chi connectivity index (χ2v) is 9.16. The van der Waals surface area contributed by atoms with Gasteiger partial charge in [-0.25, -0.2) is 9.98 Å². The van der Waals surface area contributed by atoms with Crippen molar-refractivity contribution in [3.05, 3.63) is 23.9 Å². The lowest BCUT2D eigenvalue weighted by Gasteiger charge is -2.39. The first kappa shape index (κ1) is 22.8. The van der Waals surface area contributed by atoms with Crippen LogP contribution in [0.15, 0.2) is 23.3 Å². The number of carbonyl (C=O) groups excluding carboxylic acids is 1. The van der Waals surface area contributed by atoms with Crippen molar-refractivity contribution >= 4 is 11.9 Å². The summed E-state index contributed by atoms with van der Waals surface area (Å²) in [6, 6.07) is 3.95. The first-order chi connectivity index (χ1) is 15.6. The molecule has 32 heavy (non-hydrogen) atoms. The normalized spacial score (nSPS) is 21.0. The zero-order valence-electron chi connectivity index (χ0n) is 19.6. The minimum absolute atomic E-state index is 0.0403. The molecule has 0 aromatic carbocycles. The molecule has 3 fully saturated rings. The van der Waals surface area contributed by atoms with E-state index in [1.807, 2.05) is 23.2 Å². The number of pyridine rings is 1. The minimum atomic E-state index is -0.0403. The number of likely N-dealkylation sites (tertiary alicyclic amines) is 1. The third-order valence-electron chi connectivity index (χ3n) is 6.64. The number of rotatable bonds is 8. The summed E-state index contributed by atoms with van der Waals surface area (Å²) in [5, 5.41) is 3.42. The maximum Gasteiger partial charge on any atom is 0.239 e. The monoisotopic (exact) mass is 442 g/mol. The molecule has 8 heteroatoms. The van der Waals surface area contributed by atoms with Gasteiger partial charge in [0.1, 0.15) is 0 Å². The van der Waals surface area contributed by atoms with Crippen molar-refractivity contribution in [2.75, 3.05) is 52.4 Å². The average molecular weight is 443 g/mol. The van der Waals surface area contributed by atoms with Gasteiger partial charge in [-0.05, 0) is 51.0 Å². The molecular formula is C24H38N6O2. The van der Waals surface area contributed by atoms with Crippen LogP contribution in [0.4, 0.5) is 0 Å². The molecule has 1 saturated carbocycles. The van der Waals surface area contributed by atoms with E-state index in [-0.39, 0.29) is 11.9 Å². The van der Waals surface area contributed by atoms with Crippen molar-refractivity contribution in [3.63, 3.8) is 0 Å². The van der Waals surface area contributed by atoms with Crippen molar-refractivity contribution in [2.24, 2.45) is 10.9 Å². The summed E-state index contributed by atoms with van der Waals surface area (Å²) in [5.74, 6) is 2.64. The number of nitrogens with one attached hydrogen (secondary N) is 1. The highest BCUT2D eigenvalue weighted by Crippen LogP contribution is 2.29. The van der Waals surface area contributed by atoms with Crippen LogP contribution in [-0.2, 0) is 11.3 Å². The maximum atomic E-state index is 12.7. The molecule has 2 saturated heterocycles. The highest BCUT2D eigenvalue weighted by molar-refractivity contribution is 5.82. The van der Waals surface area contributed by atoms with E-state index < -0.39 is 0 Å². The van der Waals surface area contributed by atoms with E-state index in [1.165, 1.54) is 12.8 Å². The van der Waals surface area contributed by atoms with E-state index in [0.717, 1.165) is 82.7 Å². The molecule has 0 bridgehead atoms. The standard InChI is InChI=1S/C24H38N6O2/c1-3-25-24(27-17-21-8-9-22(26-16-21)32-18-20-6-7-20)30-14-12-28(13-15-30)19(2)23(31)29-10-4-5-11-29/h8-9,16,19-20H,3-7,10-15,17-18H2,1-2H3,(H,25,27). The number of carbonyl (C=O) groups is 1. The highest BCUT2D eigenvalue weighted by Gasteiger charge is 2.30. The Hall–Kier alpha value is -2.35. The number of ether oxygens (including phenoxy) is 1. The molecule has 8 nitrogen and oxygen atoms in total. The SMILES string of the molecule is CCNC(=NCc1ccc(OCC2CC2)nc1)N1CCN(C(C)C(=O)N2CCCC2)CC1. The van der Waals surface area contributed by atoms with E-state index in [0.29, 0.717) is 12.4 Å². The first-order valence-corrected chi connectivity index (χ1v) is 12.3. The maximum absolute atomic E-state index is 12.7. The van der Waals surface area contributed by atoms with E-state index >= 15 is 0 Å². The molecule has 1 aromatic rings. The molecule has 1 atom stereocenters. The Balaban J connectivity index is 1.27. The minimum Gasteiger partial charge on any atom is -0.477 e. The van der Waals surface area contributed by atoms with Crippen molar-refractivity contribution in [1.29, 1.82) is 0 Å². The summed E-state index contributed by atoms with van der Waals surface area (Å²) in [6.07, 6.45) is 6.70. The van der Waals surface area contributed by atoms with Gasteiger partial charge in [0.05, 0.1) is 19.2 Å². The molecule has 3 aliphatic rings. The van der Waals surface area contributed by atoms with Crippen molar-refractivity contribution in [3.8, 4) is 5.88 Å². The van der Waals surface area contributed by atoms with Crippen LogP contribution in [0.3, 0.4) is 0 Å². The lowest BCUT2D eigenvalue weighted by atomic mass is 10.2. The molecular weight excluding hydrogens is 404 g/mol. The van der Waals surface area contributed by atoms with Crippen LogP contribution in [0.1, 0.15) is 45.1 Å². The van der Waals surface area contributed by atoms with Gasteiger partial charge in [0, 0.05) is 58.1 Å². The molecule has 1 aromatic heterocycles. The van der Waals surface area contributed by atoms with Crippen molar-refractivity contribution < 1.29 is 9.53 Å². The fraction of sp³-hybridized carbons (Fsp3) is 0.708. The van der Waals surface area contributed by atoms with Crippen LogP contribution in [-0.4, -0.2) is 90.0 Å². The zero-order chi connectivity index (χ0) is 22.3. The summed E-state index contributed by atoms with van der Waals surface area (Å²) < 4.78 is 5.72. The molecule has 176 valence electrons. The zero-order valence-corrected chi connectivity index (χ0v) is 19.6. The van der Waals surface area contributed by atoms with Gasteiger partial charge in [0.2, 0.25) is 11.8 Å². The molecule has 4 rings (SSSR count). The van der Waals surface area contributed by atoms with Gasteiger partial charge in [-0.15, -0.1) is 0 Å². The molecule has 0 spiro atoms. The molecule has 2 aliphatic heterocycles. The van der Waals surface area contributed by atoms with E-state index in [1.54, 1.807) is 0 Å². The van der Waals surface area contributed by atoms with Crippen LogP contribution in [0, 0.1) is 5.92 Å². The quantitative estimate of drug-likeness (QED) is 0.490. The van der Waals surface area contributed by atoms with Crippen molar-refractivity contribution in [1.82, 2.24) is 25.0 Å². The van der Waals surface area contributed by atoms with Crippen molar-refractivity contribution in [2.45, 2.75) is 52.1 Å². The molecule has 1 unspecified atom stereocenters. The number of aromatic nitrogens is 1. The summed E-state index contributed by atoms with van der Waals surface area (Å²) in [5.41, 5.74) is 1.07. The van der Waals surface area contributed by atoms with E-state index in [9.17, 15) is 4.79 Å². The lowest BCUT2D eigenvalue weighted by molar-refractivity contribution is -0.135. The van der Waals surface area contributed by atoms with Gasteiger partial charge < -0.3 is 19.9 Å². The van der Waals surface area contributed by atoms with Crippen LogP contribution >= 0.6 is 0 Å². The third-order valence-corrected chi connectivity index (χ3v) is 6.64. The van der Waals surface area contributed by atoms with Gasteiger partial charge in [0.15, 0.2) is 5.96 Å². The topological polar surface area (TPSA) is 73.3 Å². The average Bonchev–Trinajstić information content (AvgIpc) is 3.50. The number of aliphatic imine (C=N–C) groups is 1. The fourth-order valence-electron chi connectivity index (χ4n) is 4.35.